The number of nitrogens with zero attached hydrogens (tertiary/aromatic N) is 4. The number of nitrogens with two attached hydrogens (primary N) is 1. The number of halogens is 1. The van der Waals surface area contributed by atoms with E-state index >= 15 is 0 Å². The van der Waals surface area contributed by atoms with Crippen molar-refractivity contribution in [2.24, 2.45) is 5.73 Å². The molecule has 0 aliphatic carbocycles. The molecule has 140 valence electrons. The predicted molar refractivity (Wildman–Crippen MR) is 108 cm³/mol. The Balaban J connectivity index is 0.00000210. The molecule has 2 heterocycles. The van der Waals surface area contributed by atoms with Gasteiger partial charge in [-0.2, -0.15) is 4.98 Å². The number of para-hydroxylation sites is 2. The van der Waals surface area contributed by atoms with Gasteiger partial charge in [-0.05, 0) is 30.7 Å². The second-order valence-corrected chi connectivity index (χ2v) is 6.67. The normalized spacial score (nSPS) is 13.3. The summed E-state index contributed by atoms with van der Waals surface area (Å²) in [6.07, 6.45) is 1.87. The number of rotatable bonds is 5. The second-order valence-electron chi connectivity index (χ2n) is 6.67. The van der Waals surface area contributed by atoms with Crippen LogP contribution in [0.3, 0.4) is 0 Å². The highest BCUT2D eigenvalue weighted by Crippen LogP contribution is 2.23. The van der Waals surface area contributed by atoms with Crippen LogP contribution in [-0.4, -0.2) is 25.7 Å². The zero-order chi connectivity index (χ0) is 18.1. The van der Waals surface area contributed by atoms with E-state index in [1.165, 1.54) is 0 Å². The lowest BCUT2D eigenvalue weighted by Crippen LogP contribution is -2.22. The van der Waals surface area contributed by atoms with Gasteiger partial charge in [-0.15, -0.1) is 12.4 Å². The first-order valence-electron chi connectivity index (χ1n) is 8.70. The summed E-state index contributed by atoms with van der Waals surface area (Å²) in [5.41, 5.74) is 10.1. The van der Waals surface area contributed by atoms with E-state index in [-0.39, 0.29) is 24.4 Å². The molecule has 6 nitrogen and oxygen atoms in total. The number of benzene rings is 2. The highest BCUT2D eigenvalue weighted by atomic mass is 35.5. The molecule has 2 aromatic carbocycles. The first kappa shape index (κ1) is 19.1. The van der Waals surface area contributed by atoms with E-state index in [4.69, 9.17) is 10.3 Å². The van der Waals surface area contributed by atoms with Crippen LogP contribution in [-0.2, 0) is 6.54 Å². The summed E-state index contributed by atoms with van der Waals surface area (Å²) < 4.78 is 7.52. The zero-order valence-electron chi connectivity index (χ0n) is 15.2. The molecule has 0 aliphatic heterocycles. The molecule has 0 fully saturated rings. The fourth-order valence-electron chi connectivity index (χ4n) is 2.90. The van der Waals surface area contributed by atoms with Crippen LogP contribution in [0.4, 0.5) is 0 Å². The van der Waals surface area contributed by atoms with Crippen molar-refractivity contribution in [1.82, 2.24) is 19.7 Å². The van der Waals surface area contributed by atoms with Crippen LogP contribution in [0.5, 0.6) is 0 Å². The van der Waals surface area contributed by atoms with Gasteiger partial charge in [0.05, 0.1) is 23.3 Å². The van der Waals surface area contributed by atoms with Gasteiger partial charge in [0.2, 0.25) is 11.7 Å². The largest absolute Gasteiger partial charge is 0.339 e. The standard InChI is InChI=1S/C20H21N5O.ClH/c1-13(14(2)21)20-23-19(24-26-20)16-7-5-6-15(10-16)11-25-12-22-17-8-3-4-9-18(17)25;/h3-10,12-14H,11,21H2,1-2H3;1H. The Labute approximate surface area is 163 Å². The van der Waals surface area contributed by atoms with E-state index in [1.807, 2.05) is 50.5 Å². The van der Waals surface area contributed by atoms with Gasteiger partial charge in [0.15, 0.2) is 0 Å². The molecule has 0 amide bonds. The van der Waals surface area contributed by atoms with Gasteiger partial charge in [-0.3, -0.25) is 0 Å². The Bertz CT molecular complexity index is 1040. The molecule has 4 rings (SSSR count). The van der Waals surface area contributed by atoms with Crippen molar-refractivity contribution >= 4 is 23.4 Å². The van der Waals surface area contributed by atoms with Crippen molar-refractivity contribution in [3.05, 3.63) is 66.3 Å². The van der Waals surface area contributed by atoms with E-state index in [0.29, 0.717) is 11.7 Å². The molecule has 27 heavy (non-hydrogen) atoms. The quantitative estimate of drug-likeness (QED) is 0.563. The molecule has 0 aliphatic rings. The molecule has 7 heteroatoms. The maximum absolute atomic E-state index is 5.92. The highest BCUT2D eigenvalue weighted by molar-refractivity contribution is 5.85. The number of hydrogen-bond donors (Lipinski definition) is 1. The fraction of sp³-hybridized carbons (Fsp3) is 0.250. The van der Waals surface area contributed by atoms with Gasteiger partial charge < -0.3 is 14.8 Å². The van der Waals surface area contributed by atoms with Crippen LogP contribution >= 0.6 is 12.4 Å². The van der Waals surface area contributed by atoms with Crippen molar-refractivity contribution in [2.45, 2.75) is 32.4 Å². The topological polar surface area (TPSA) is 82.8 Å². The smallest absolute Gasteiger partial charge is 0.231 e. The van der Waals surface area contributed by atoms with Crippen molar-refractivity contribution < 1.29 is 4.52 Å². The van der Waals surface area contributed by atoms with Crippen molar-refractivity contribution in [3.8, 4) is 11.4 Å². The summed E-state index contributed by atoms with van der Waals surface area (Å²) >= 11 is 0. The summed E-state index contributed by atoms with van der Waals surface area (Å²) in [5, 5.41) is 4.12. The lowest BCUT2D eigenvalue weighted by atomic mass is 10.1. The highest BCUT2D eigenvalue weighted by Gasteiger charge is 2.18. The summed E-state index contributed by atoms with van der Waals surface area (Å²) in [7, 11) is 0. The zero-order valence-corrected chi connectivity index (χ0v) is 16.1. The minimum Gasteiger partial charge on any atom is -0.339 e. The van der Waals surface area contributed by atoms with Gasteiger partial charge in [0, 0.05) is 18.2 Å². The maximum atomic E-state index is 5.92. The Morgan fingerprint density at radius 3 is 2.74 bits per heavy atom. The average Bonchev–Trinajstić information content (AvgIpc) is 3.29. The summed E-state index contributed by atoms with van der Waals surface area (Å²) in [5.74, 6) is 1.18. The third kappa shape index (κ3) is 3.86. The van der Waals surface area contributed by atoms with Crippen LogP contribution in [0, 0.1) is 0 Å². The molecule has 0 saturated carbocycles. The van der Waals surface area contributed by atoms with Crippen LogP contribution in [0.2, 0.25) is 0 Å². The van der Waals surface area contributed by atoms with Gasteiger partial charge in [0.25, 0.3) is 0 Å². The molecule has 0 bridgehead atoms. The van der Waals surface area contributed by atoms with Crippen molar-refractivity contribution in [3.63, 3.8) is 0 Å². The second kappa shape index (κ2) is 7.90. The number of aromatic nitrogens is 4. The molecule has 2 atom stereocenters. The molecule has 2 N–H and O–H groups in total. The monoisotopic (exact) mass is 383 g/mol. The first-order valence-corrected chi connectivity index (χ1v) is 8.70. The Morgan fingerprint density at radius 1 is 1.11 bits per heavy atom. The molecule has 0 saturated heterocycles. The van der Waals surface area contributed by atoms with Crippen molar-refractivity contribution in [1.29, 1.82) is 0 Å². The number of imidazole rings is 1. The Hall–Kier alpha value is -2.70. The van der Waals surface area contributed by atoms with Gasteiger partial charge in [0.1, 0.15) is 0 Å². The Morgan fingerprint density at radius 2 is 1.93 bits per heavy atom. The molecular weight excluding hydrogens is 362 g/mol. The molecule has 4 aromatic rings. The van der Waals surface area contributed by atoms with Crippen LogP contribution in [0.15, 0.2) is 59.4 Å². The van der Waals surface area contributed by atoms with Crippen LogP contribution in [0.25, 0.3) is 22.4 Å². The van der Waals surface area contributed by atoms with Crippen molar-refractivity contribution in [2.75, 3.05) is 0 Å². The molecule has 2 unspecified atom stereocenters. The van der Waals surface area contributed by atoms with Gasteiger partial charge in [-0.1, -0.05) is 42.4 Å². The van der Waals surface area contributed by atoms with Crippen LogP contribution in [0.1, 0.15) is 31.2 Å². The SMILES string of the molecule is CC(N)C(C)c1nc(-c2cccc(Cn3cnc4ccccc43)c2)no1.Cl. The van der Waals surface area contributed by atoms with E-state index in [9.17, 15) is 0 Å². The van der Waals surface area contributed by atoms with Gasteiger partial charge in [-0.25, -0.2) is 4.98 Å². The van der Waals surface area contributed by atoms with E-state index in [1.54, 1.807) is 0 Å². The number of fused-ring (bicyclic) bond motifs is 1. The van der Waals surface area contributed by atoms with E-state index in [2.05, 4.69) is 37.9 Å². The number of hydrogen-bond acceptors (Lipinski definition) is 5. The molecule has 2 aromatic heterocycles. The van der Waals surface area contributed by atoms with Crippen LogP contribution < -0.4 is 5.73 Å². The van der Waals surface area contributed by atoms with E-state index < -0.39 is 0 Å². The molecule has 0 radical (unpaired) electrons. The summed E-state index contributed by atoms with van der Waals surface area (Å²) in [6.45, 7) is 4.66. The molecular formula is C20H22ClN5O. The third-order valence-electron chi connectivity index (χ3n) is 4.69. The third-order valence-corrected chi connectivity index (χ3v) is 4.69. The van der Waals surface area contributed by atoms with E-state index in [0.717, 1.165) is 28.7 Å². The maximum Gasteiger partial charge on any atom is 0.231 e. The summed E-state index contributed by atoms with van der Waals surface area (Å²) in [6, 6.07) is 16.2. The summed E-state index contributed by atoms with van der Waals surface area (Å²) in [4.78, 5) is 8.96. The average molecular weight is 384 g/mol. The minimum atomic E-state index is -0.0378. The Kier molecular flexibility index (Phi) is 5.58. The lowest BCUT2D eigenvalue weighted by Gasteiger charge is -2.09. The first-order chi connectivity index (χ1) is 12.6. The minimum absolute atomic E-state index is 0. The van der Waals surface area contributed by atoms with Gasteiger partial charge >= 0.3 is 0 Å². The molecule has 0 spiro atoms. The fourth-order valence-corrected chi connectivity index (χ4v) is 2.90. The predicted octanol–water partition coefficient (Wildman–Crippen LogP) is 4.01. The lowest BCUT2D eigenvalue weighted by molar-refractivity contribution is 0.347.